The molecule has 0 aromatic heterocycles. The fourth-order valence-corrected chi connectivity index (χ4v) is 3.68. The molecule has 138 valence electrons. The Labute approximate surface area is 156 Å². The Balaban J connectivity index is 1.50. The van der Waals surface area contributed by atoms with E-state index in [1.165, 1.54) is 34.4 Å². The van der Waals surface area contributed by atoms with Crippen molar-refractivity contribution in [2.45, 2.75) is 46.1 Å². The number of rotatable bonds is 6. The number of nitrogens with one attached hydrogen (secondary N) is 3. The third-order valence-corrected chi connectivity index (χ3v) is 4.99. The summed E-state index contributed by atoms with van der Waals surface area (Å²) in [7, 11) is 0. The maximum Gasteiger partial charge on any atom is 0.315 e. The number of benzene rings is 2. The van der Waals surface area contributed by atoms with Gasteiger partial charge in [0.05, 0.1) is 0 Å². The van der Waals surface area contributed by atoms with Gasteiger partial charge in [-0.2, -0.15) is 0 Å². The molecule has 26 heavy (non-hydrogen) atoms. The van der Waals surface area contributed by atoms with Crippen molar-refractivity contribution in [3.8, 4) is 0 Å². The number of carbonyl (C=O) groups is 1. The van der Waals surface area contributed by atoms with Crippen LogP contribution in [0.1, 0.15) is 41.2 Å². The van der Waals surface area contributed by atoms with Crippen LogP contribution < -0.4 is 16.0 Å². The van der Waals surface area contributed by atoms with Crippen LogP contribution in [0.5, 0.6) is 0 Å². The molecule has 3 N–H and O–H groups in total. The van der Waals surface area contributed by atoms with Crippen molar-refractivity contribution in [3.05, 3.63) is 64.2 Å². The third kappa shape index (κ3) is 4.57. The van der Waals surface area contributed by atoms with Gasteiger partial charge in [0, 0.05) is 25.3 Å². The van der Waals surface area contributed by atoms with Crippen LogP contribution in [0.4, 0.5) is 10.5 Å². The molecule has 0 saturated carbocycles. The minimum absolute atomic E-state index is 0.111. The molecule has 0 fully saturated rings. The lowest BCUT2D eigenvalue weighted by atomic mass is 9.92. The zero-order chi connectivity index (χ0) is 18.4. The Kier molecular flexibility index (Phi) is 6.16. The maximum absolute atomic E-state index is 12.0. The first-order valence-corrected chi connectivity index (χ1v) is 9.62. The van der Waals surface area contributed by atoms with Crippen molar-refractivity contribution in [3.63, 3.8) is 0 Å². The van der Waals surface area contributed by atoms with Gasteiger partial charge < -0.3 is 16.0 Å². The number of hydrogen-bond donors (Lipinski definition) is 3. The summed E-state index contributed by atoms with van der Waals surface area (Å²) in [6.45, 7) is 6.52. The van der Waals surface area contributed by atoms with Gasteiger partial charge in [0.1, 0.15) is 0 Å². The fourth-order valence-electron chi connectivity index (χ4n) is 3.68. The molecule has 1 aliphatic rings. The van der Waals surface area contributed by atoms with Crippen LogP contribution in [0.3, 0.4) is 0 Å². The van der Waals surface area contributed by atoms with Gasteiger partial charge in [0.15, 0.2) is 0 Å². The van der Waals surface area contributed by atoms with Crippen molar-refractivity contribution in [2.75, 3.05) is 18.4 Å². The van der Waals surface area contributed by atoms with Crippen molar-refractivity contribution in [1.29, 1.82) is 0 Å². The van der Waals surface area contributed by atoms with Crippen LogP contribution in [0.2, 0.25) is 0 Å². The predicted molar refractivity (Wildman–Crippen MR) is 108 cm³/mol. The lowest BCUT2D eigenvalue weighted by Gasteiger charge is -2.23. The Morgan fingerprint density at radius 1 is 1.19 bits per heavy atom. The van der Waals surface area contributed by atoms with Gasteiger partial charge in [-0.15, -0.1) is 0 Å². The number of fused-ring (bicyclic) bond motifs is 1. The molecule has 0 unspecified atom stereocenters. The third-order valence-electron chi connectivity index (χ3n) is 4.99. The summed E-state index contributed by atoms with van der Waals surface area (Å²) in [6.07, 6.45) is 4.24. The van der Waals surface area contributed by atoms with E-state index in [0.29, 0.717) is 13.1 Å². The molecule has 0 saturated heterocycles. The molecule has 0 atom stereocenters. The molecule has 3 rings (SSSR count). The first-order valence-electron chi connectivity index (χ1n) is 9.62. The first kappa shape index (κ1) is 18.3. The molecule has 0 aliphatic carbocycles. The fraction of sp³-hybridized carbons (Fsp3) is 0.409. The van der Waals surface area contributed by atoms with E-state index in [1.807, 2.05) is 12.1 Å². The molecule has 0 radical (unpaired) electrons. The van der Waals surface area contributed by atoms with E-state index in [1.54, 1.807) is 0 Å². The monoisotopic (exact) mass is 351 g/mol. The highest BCUT2D eigenvalue weighted by Crippen LogP contribution is 2.29. The summed E-state index contributed by atoms with van der Waals surface area (Å²) < 4.78 is 0. The number of urea groups is 1. The van der Waals surface area contributed by atoms with E-state index < -0.39 is 0 Å². The second kappa shape index (κ2) is 8.75. The number of carbonyl (C=O) groups excluding carboxylic acids is 1. The van der Waals surface area contributed by atoms with Crippen LogP contribution in [-0.4, -0.2) is 19.1 Å². The number of hydrogen-bond acceptors (Lipinski definition) is 2. The van der Waals surface area contributed by atoms with Crippen LogP contribution in [-0.2, 0) is 25.8 Å². The van der Waals surface area contributed by atoms with Gasteiger partial charge in [-0.1, -0.05) is 48.9 Å². The van der Waals surface area contributed by atoms with Crippen LogP contribution >= 0.6 is 0 Å². The summed E-state index contributed by atoms with van der Waals surface area (Å²) >= 11 is 0. The molecule has 0 bridgehead atoms. The van der Waals surface area contributed by atoms with E-state index in [0.717, 1.165) is 31.4 Å². The average Bonchev–Trinajstić information content (AvgIpc) is 2.66. The normalized spacial score (nSPS) is 12.8. The topological polar surface area (TPSA) is 53.2 Å². The molecule has 2 aromatic rings. The summed E-state index contributed by atoms with van der Waals surface area (Å²) in [5, 5.41) is 9.47. The van der Waals surface area contributed by atoms with E-state index in [2.05, 4.69) is 54.1 Å². The molecule has 0 spiro atoms. The van der Waals surface area contributed by atoms with Crippen molar-refractivity contribution in [1.82, 2.24) is 10.6 Å². The highest BCUT2D eigenvalue weighted by molar-refractivity contribution is 5.73. The van der Waals surface area contributed by atoms with E-state index >= 15 is 0 Å². The molecule has 2 aromatic carbocycles. The van der Waals surface area contributed by atoms with E-state index in [-0.39, 0.29) is 6.03 Å². The average molecular weight is 351 g/mol. The van der Waals surface area contributed by atoms with Crippen molar-refractivity contribution in [2.24, 2.45) is 0 Å². The van der Waals surface area contributed by atoms with Gasteiger partial charge >= 0.3 is 6.03 Å². The Morgan fingerprint density at radius 3 is 2.88 bits per heavy atom. The number of aryl methyl sites for hydroxylation is 2. The first-order chi connectivity index (χ1) is 12.7. The van der Waals surface area contributed by atoms with Crippen LogP contribution in [0.15, 0.2) is 36.4 Å². The quantitative estimate of drug-likeness (QED) is 0.738. The second-order valence-corrected chi connectivity index (χ2v) is 6.97. The molecular weight excluding hydrogens is 322 g/mol. The molecule has 4 nitrogen and oxygen atoms in total. The molecule has 1 heterocycles. The molecular formula is C22H29N3O. The Bertz CT molecular complexity index is 770. The van der Waals surface area contributed by atoms with Crippen molar-refractivity contribution >= 4 is 11.7 Å². The summed E-state index contributed by atoms with van der Waals surface area (Å²) in [5.74, 6) is 0. The lowest BCUT2D eigenvalue weighted by molar-refractivity contribution is 0.240. The van der Waals surface area contributed by atoms with E-state index in [9.17, 15) is 4.79 Å². The zero-order valence-corrected chi connectivity index (χ0v) is 15.8. The molecule has 1 aliphatic heterocycles. The van der Waals surface area contributed by atoms with Gasteiger partial charge in [-0.3, -0.25) is 0 Å². The van der Waals surface area contributed by atoms with Gasteiger partial charge in [-0.25, -0.2) is 4.79 Å². The highest BCUT2D eigenvalue weighted by Gasteiger charge is 2.15. The summed E-state index contributed by atoms with van der Waals surface area (Å²) in [4.78, 5) is 12.0. The van der Waals surface area contributed by atoms with Gasteiger partial charge in [0.2, 0.25) is 0 Å². The van der Waals surface area contributed by atoms with Crippen molar-refractivity contribution < 1.29 is 4.79 Å². The number of anilines is 1. The standard InChI is InChI=1S/C22H29N3O/c1-3-20-18(9-10-19-8-5-12-23-21(19)20)11-13-24-22(26)25-15-17-7-4-6-16(2)14-17/h4,6-7,9-10,14,23H,3,5,8,11-13,15H2,1-2H3,(H2,24,25,26). The van der Waals surface area contributed by atoms with Gasteiger partial charge in [0.25, 0.3) is 0 Å². The summed E-state index contributed by atoms with van der Waals surface area (Å²) in [5.41, 5.74) is 7.83. The maximum atomic E-state index is 12.0. The molecule has 2 amide bonds. The molecule has 4 heteroatoms. The Hall–Kier alpha value is -2.49. The largest absolute Gasteiger partial charge is 0.385 e. The SMILES string of the molecule is CCc1c(CCNC(=O)NCc2cccc(C)c2)ccc2c1NCCC2. The summed E-state index contributed by atoms with van der Waals surface area (Å²) in [6, 6.07) is 12.6. The minimum Gasteiger partial charge on any atom is -0.385 e. The number of amides is 2. The van der Waals surface area contributed by atoms with E-state index in [4.69, 9.17) is 0 Å². The van der Waals surface area contributed by atoms with Gasteiger partial charge in [-0.05, 0) is 54.9 Å². The zero-order valence-electron chi connectivity index (χ0n) is 15.8. The smallest absolute Gasteiger partial charge is 0.315 e. The lowest BCUT2D eigenvalue weighted by Crippen LogP contribution is -2.36. The minimum atomic E-state index is -0.111. The second-order valence-electron chi connectivity index (χ2n) is 6.97. The highest BCUT2D eigenvalue weighted by atomic mass is 16.2. The van der Waals surface area contributed by atoms with Crippen LogP contribution in [0, 0.1) is 6.92 Å². The predicted octanol–water partition coefficient (Wildman–Crippen LogP) is 3.96. The Morgan fingerprint density at radius 2 is 2.08 bits per heavy atom. The van der Waals surface area contributed by atoms with Crippen LogP contribution in [0.25, 0.3) is 0 Å².